The fourth-order valence-corrected chi connectivity index (χ4v) is 9.57. The van der Waals surface area contributed by atoms with Gasteiger partial charge in [-0.25, -0.2) is 4.98 Å². The third-order valence-corrected chi connectivity index (χ3v) is 12.2. The van der Waals surface area contributed by atoms with Gasteiger partial charge in [0.1, 0.15) is 5.82 Å². The molecule has 3 aromatic heterocycles. The van der Waals surface area contributed by atoms with Crippen molar-refractivity contribution in [1.29, 1.82) is 0 Å². The van der Waals surface area contributed by atoms with E-state index in [0.717, 1.165) is 38.8 Å². The Bertz CT molecular complexity index is 2970. The van der Waals surface area contributed by atoms with Crippen LogP contribution in [-0.4, -0.2) is 14.1 Å². The smallest absolute Gasteiger partial charge is 0.263 e. The Morgan fingerprint density at radius 1 is 0.442 bits per heavy atom. The highest BCUT2D eigenvalue weighted by molar-refractivity contribution is 6.14. The minimum absolute atomic E-state index is 0.0386. The Labute approximate surface area is 301 Å². The predicted molar refractivity (Wildman–Crippen MR) is 214 cm³/mol. The molecule has 0 saturated carbocycles. The highest BCUT2D eigenvalue weighted by atomic mass is 16.1. The van der Waals surface area contributed by atoms with Crippen LogP contribution >= 0.6 is 0 Å². The molecule has 6 aromatic carbocycles. The van der Waals surface area contributed by atoms with E-state index in [9.17, 15) is 4.79 Å². The summed E-state index contributed by atoms with van der Waals surface area (Å²) in [5.74, 6) is 0.786. The summed E-state index contributed by atoms with van der Waals surface area (Å²) >= 11 is 0. The monoisotopic (exact) mass is 669 g/mol. The number of hydrogen-bond donors (Lipinski definition) is 0. The summed E-state index contributed by atoms with van der Waals surface area (Å²) in [7, 11) is 0. The van der Waals surface area contributed by atoms with Crippen LogP contribution in [0, 0.1) is 0 Å². The van der Waals surface area contributed by atoms with E-state index in [0.29, 0.717) is 5.39 Å². The van der Waals surface area contributed by atoms with Gasteiger partial charge in [0.2, 0.25) is 0 Å². The number of benzene rings is 6. The number of para-hydroxylation sites is 1. The van der Waals surface area contributed by atoms with E-state index in [1.54, 1.807) is 0 Å². The Kier molecular flexibility index (Phi) is 5.64. The molecule has 2 aliphatic carbocycles. The molecule has 2 aliphatic rings. The molecule has 3 heterocycles. The van der Waals surface area contributed by atoms with Crippen molar-refractivity contribution in [3.8, 4) is 33.8 Å². The number of pyridine rings is 2. The molecule has 0 radical (unpaired) electrons. The molecule has 0 bridgehead atoms. The van der Waals surface area contributed by atoms with Crippen LogP contribution in [0.3, 0.4) is 0 Å². The summed E-state index contributed by atoms with van der Waals surface area (Å²) in [6, 6.07) is 47.3. The molecular weight excluding hydrogens is 635 g/mol. The van der Waals surface area contributed by atoms with Crippen molar-refractivity contribution in [3.05, 3.63) is 172 Å². The maximum absolute atomic E-state index is 14.3. The van der Waals surface area contributed by atoms with Gasteiger partial charge in [-0.3, -0.25) is 13.9 Å². The van der Waals surface area contributed by atoms with E-state index in [1.807, 2.05) is 65.4 Å². The zero-order valence-electron chi connectivity index (χ0n) is 29.5. The van der Waals surface area contributed by atoms with Crippen LogP contribution < -0.4 is 5.56 Å². The van der Waals surface area contributed by atoms with Gasteiger partial charge in [0.25, 0.3) is 5.56 Å². The van der Waals surface area contributed by atoms with Crippen molar-refractivity contribution in [2.75, 3.05) is 0 Å². The lowest BCUT2D eigenvalue weighted by Gasteiger charge is -2.22. The third-order valence-electron chi connectivity index (χ3n) is 12.2. The summed E-state index contributed by atoms with van der Waals surface area (Å²) in [5.41, 5.74) is 14.1. The van der Waals surface area contributed by atoms with Crippen molar-refractivity contribution in [2.24, 2.45) is 0 Å². The Balaban J connectivity index is 1.29. The van der Waals surface area contributed by atoms with Gasteiger partial charge in [0.05, 0.1) is 16.6 Å². The van der Waals surface area contributed by atoms with E-state index in [-0.39, 0.29) is 16.4 Å². The molecule has 4 nitrogen and oxygen atoms in total. The van der Waals surface area contributed by atoms with Gasteiger partial charge in [-0.2, -0.15) is 0 Å². The van der Waals surface area contributed by atoms with E-state index in [4.69, 9.17) is 4.98 Å². The zero-order chi connectivity index (χ0) is 35.1. The first-order chi connectivity index (χ1) is 25.2. The van der Waals surface area contributed by atoms with E-state index in [1.165, 1.54) is 55.3 Å². The molecule has 0 unspecified atom stereocenters. The first-order valence-electron chi connectivity index (χ1n) is 18.1. The first-order valence-corrected chi connectivity index (χ1v) is 18.1. The largest absolute Gasteiger partial charge is 0.294 e. The lowest BCUT2D eigenvalue weighted by Crippen LogP contribution is -2.19. The average Bonchev–Trinajstić information content (AvgIpc) is 3.70. The van der Waals surface area contributed by atoms with Gasteiger partial charge in [0.15, 0.2) is 0 Å². The fourth-order valence-electron chi connectivity index (χ4n) is 9.57. The van der Waals surface area contributed by atoms with Crippen molar-refractivity contribution in [2.45, 2.75) is 38.5 Å². The maximum atomic E-state index is 14.3. The van der Waals surface area contributed by atoms with Gasteiger partial charge >= 0.3 is 0 Å². The number of nitrogens with zero attached hydrogens (tertiary/aromatic N) is 3. The minimum atomic E-state index is -0.159. The van der Waals surface area contributed by atoms with E-state index in [2.05, 4.69) is 111 Å². The first kappa shape index (κ1) is 29.5. The van der Waals surface area contributed by atoms with Gasteiger partial charge in [-0.1, -0.05) is 113 Å². The molecule has 0 amide bonds. The summed E-state index contributed by atoms with van der Waals surface area (Å²) in [4.78, 5) is 19.6. The molecule has 11 rings (SSSR count). The van der Waals surface area contributed by atoms with Gasteiger partial charge in [-0.05, 0) is 92.4 Å². The van der Waals surface area contributed by atoms with Crippen LogP contribution in [-0.2, 0) is 10.8 Å². The molecular formula is C48H35N3O. The lowest BCUT2D eigenvalue weighted by molar-refractivity contribution is 0.660. The molecule has 0 saturated heterocycles. The molecule has 0 atom stereocenters. The van der Waals surface area contributed by atoms with Crippen LogP contribution in [0.25, 0.3) is 77.2 Å². The predicted octanol–water partition coefficient (Wildman–Crippen LogP) is 11.2. The van der Waals surface area contributed by atoms with Gasteiger partial charge < -0.3 is 0 Å². The second-order valence-electron chi connectivity index (χ2n) is 15.6. The minimum Gasteiger partial charge on any atom is -0.294 e. The SMILES string of the molecule is CC1(C)c2ccccc2-c2cc3c4cc5c(cc4n(-c4cc6c(cn4)c4ccccc4c(=O)n6-c4ccccc4)c3cc21)C(C)(C)c1ccccc1-5. The number of rotatable bonds is 2. The number of fused-ring (bicyclic) bond motifs is 12. The second-order valence-corrected chi connectivity index (χ2v) is 15.6. The third kappa shape index (κ3) is 3.66. The van der Waals surface area contributed by atoms with Crippen molar-refractivity contribution in [1.82, 2.24) is 14.1 Å². The van der Waals surface area contributed by atoms with Crippen LogP contribution in [0.15, 0.2) is 144 Å². The molecule has 52 heavy (non-hydrogen) atoms. The van der Waals surface area contributed by atoms with E-state index < -0.39 is 0 Å². The molecule has 0 spiro atoms. The Morgan fingerprint density at radius 2 is 0.942 bits per heavy atom. The maximum Gasteiger partial charge on any atom is 0.263 e. The summed E-state index contributed by atoms with van der Waals surface area (Å²) < 4.78 is 4.20. The fraction of sp³-hybridized carbons (Fsp3) is 0.125. The second kappa shape index (κ2) is 9.95. The van der Waals surface area contributed by atoms with Crippen LogP contribution in [0.2, 0.25) is 0 Å². The van der Waals surface area contributed by atoms with Crippen molar-refractivity contribution in [3.63, 3.8) is 0 Å². The normalized spacial score (nSPS) is 14.9. The highest BCUT2D eigenvalue weighted by Gasteiger charge is 2.38. The zero-order valence-corrected chi connectivity index (χ0v) is 29.5. The molecule has 0 fully saturated rings. The average molecular weight is 670 g/mol. The molecule has 4 heteroatoms. The lowest BCUT2D eigenvalue weighted by atomic mass is 9.82. The number of aromatic nitrogens is 3. The summed E-state index contributed by atoms with van der Waals surface area (Å²) in [6.07, 6.45) is 1.96. The number of hydrogen-bond acceptors (Lipinski definition) is 2. The molecule has 248 valence electrons. The van der Waals surface area contributed by atoms with Gasteiger partial charge in [-0.15, -0.1) is 0 Å². The van der Waals surface area contributed by atoms with Crippen molar-refractivity contribution >= 4 is 43.5 Å². The standard InChI is InChI=1S/C48H35N3O/c1-47(2)38-20-12-10-17-30(38)33-22-35-36-23-34-31-18-11-13-21-39(31)48(3,4)41(34)25-43(36)51(42(35)24-40(33)47)45-26-44-37(27-49-45)29-16-8-9-19-32(29)46(52)50(44)28-14-6-5-7-15-28/h5-27H,1-4H3. The quantitative estimate of drug-likeness (QED) is 0.172. The summed E-state index contributed by atoms with van der Waals surface area (Å²) in [5, 5.41) is 4.93. The van der Waals surface area contributed by atoms with Crippen LogP contribution in [0.4, 0.5) is 0 Å². The molecule has 9 aromatic rings. The van der Waals surface area contributed by atoms with E-state index >= 15 is 0 Å². The van der Waals surface area contributed by atoms with Crippen LogP contribution in [0.1, 0.15) is 49.9 Å². The topological polar surface area (TPSA) is 39.8 Å². The van der Waals surface area contributed by atoms with Gasteiger partial charge in [0, 0.05) is 50.3 Å². The molecule has 0 aliphatic heterocycles. The van der Waals surface area contributed by atoms with Crippen LogP contribution in [0.5, 0.6) is 0 Å². The summed E-state index contributed by atoms with van der Waals surface area (Å²) in [6.45, 7) is 9.34. The molecule has 0 N–H and O–H groups in total. The van der Waals surface area contributed by atoms with Crippen molar-refractivity contribution < 1.29 is 0 Å². The Hall–Kier alpha value is -6.26. The Morgan fingerprint density at radius 3 is 1.54 bits per heavy atom. The highest BCUT2D eigenvalue weighted by Crippen LogP contribution is 2.54.